The first-order valence-electron chi connectivity index (χ1n) is 5.85. The summed E-state index contributed by atoms with van der Waals surface area (Å²) in [6.07, 6.45) is 2.34. The van der Waals surface area contributed by atoms with Gasteiger partial charge in [-0.3, -0.25) is 0 Å². The smallest absolute Gasteiger partial charge is 0.178 e. The molecular formula is C13H18N2S. The lowest BCUT2D eigenvalue weighted by atomic mass is 10.1. The molecule has 0 bridgehead atoms. The molecule has 0 aliphatic rings. The number of para-hydroxylation sites is 1. The third-order valence-corrected chi connectivity index (χ3v) is 3.39. The molecule has 1 N–H and O–H groups in total. The van der Waals surface area contributed by atoms with E-state index < -0.39 is 0 Å². The molecule has 0 radical (unpaired) electrons. The van der Waals surface area contributed by atoms with Gasteiger partial charge in [-0.1, -0.05) is 25.5 Å². The Balaban J connectivity index is 2.68. The first kappa shape index (κ1) is 11.4. The number of nitrogens with zero attached hydrogens (tertiary/aromatic N) is 1. The van der Waals surface area contributed by atoms with Crippen LogP contribution >= 0.6 is 12.2 Å². The molecule has 1 aromatic heterocycles. The van der Waals surface area contributed by atoms with Crippen molar-refractivity contribution in [3.05, 3.63) is 28.5 Å². The predicted octanol–water partition coefficient (Wildman–Crippen LogP) is 4.37. The van der Waals surface area contributed by atoms with Gasteiger partial charge in [0.1, 0.15) is 0 Å². The van der Waals surface area contributed by atoms with E-state index in [1.54, 1.807) is 0 Å². The van der Waals surface area contributed by atoms with Gasteiger partial charge in [-0.25, -0.2) is 0 Å². The van der Waals surface area contributed by atoms with Crippen LogP contribution in [-0.4, -0.2) is 9.55 Å². The summed E-state index contributed by atoms with van der Waals surface area (Å²) in [5, 5.41) is 0. The van der Waals surface area contributed by atoms with E-state index in [0.717, 1.165) is 16.7 Å². The van der Waals surface area contributed by atoms with Crippen LogP contribution in [0.2, 0.25) is 0 Å². The zero-order valence-corrected chi connectivity index (χ0v) is 10.9. The maximum absolute atomic E-state index is 5.41. The molecule has 0 saturated heterocycles. The van der Waals surface area contributed by atoms with Crippen molar-refractivity contribution in [3.8, 4) is 0 Å². The van der Waals surface area contributed by atoms with Gasteiger partial charge in [-0.05, 0) is 44.1 Å². The minimum Gasteiger partial charge on any atom is -0.331 e. The van der Waals surface area contributed by atoms with Crippen LogP contribution in [0.3, 0.4) is 0 Å². The van der Waals surface area contributed by atoms with Crippen LogP contribution in [0.15, 0.2) is 18.2 Å². The quantitative estimate of drug-likeness (QED) is 0.782. The Labute approximate surface area is 101 Å². The Morgan fingerprint density at radius 1 is 1.44 bits per heavy atom. The highest BCUT2D eigenvalue weighted by molar-refractivity contribution is 7.71. The molecule has 0 aliphatic heterocycles. The molecule has 0 amide bonds. The Kier molecular flexibility index (Phi) is 3.15. The number of fused-ring (bicyclic) bond motifs is 1. The fourth-order valence-electron chi connectivity index (χ4n) is 2.32. The van der Waals surface area contributed by atoms with Crippen LogP contribution in [0.25, 0.3) is 11.0 Å². The average molecular weight is 234 g/mol. The monoisotopic (exact) mass is 234 g/mol. The summed E-state index contributed by atoms with van der Waals surface area (Å²) >= 11 is 5.41. The maximum Gasteiger partial charge on any atom is 0.178 e. The number of aromatic amines is 1. The standard InChI is InChI=1S/C13H18N2S/c1-4-6-10(3)15-12-9(2)7-5-8-11(12)14-13(15)16/h5,7-8,10H,4,6H2,1-3H3,(H,14,16). The fraction of sp³-hybridized carbons (Fsp3) is 0.462. The van der Waals surface area contributed by atoms with Gasteiger partial charge in [0, 0.05) is 6.04 Å². The lowest BCUT2D eigenvalue weighted by molar-refractivity contribution is 0.507. The molecule has 0 spiro atoms. The molecule has 3 heteroatoms. The lowest BCUT2D eigenvalue weighted by Crippen LogP contribution is -2.05. The predicted molar refractivity (Wildman–Crippen MR) is 71.5 cm³/mol. The van der Waals surface area contributed by atoms with Crippen LogP contribution in [0.5, 0.6) is 0 Å². The zero-order valence-electron chi connectivity index (χ0n) is 10.1. The van der Waals surface area contributed by atoms with Gasteiger partial charge in [-0.2, -0.15) is 0 Å². The van der Waals surface area contributed by atoms with E-state index in [1.807, 2.05) is 0 Å². The number of aromatic nitrogens is 2. The minimum absolute atomic E-state index is 0.465. The summed E-state index contributed by atoms with van der Waals surface area (Å²) in [7, 11) is 0. The number of hydrogen-bond donors (Lipinski definition) is 1. The zero-order chi connectivity index (χ0) is 11.7. The Morgan fingerprint density at radius 2 is 2.19 bits per heavy atom. The van der Waals surface area contributed by atoms with Gasteiger partial charge < -0.3 is 9.55 Å². The lowest BCUT2D eigenvalue weighted by Gasteiger charge is -2.14. The van der Waals surface area contributed by atoms with E-state index in [2.05, 4.69) is 48.5 Å². The summed E-state index contributed by atoms with van der Waals surface area (Å²) < 4.78 is 3.09. The number of benzene rings is 1. The second-order valence-electron chi connectivity index (χ2n) is 4.41. The fourth-order valence-corrected chi connectivity index (χ4v) is 2.71. The molecule has 1 aromatic carbocycles. The normalized spacial score (nSPS) is 13.2. The Bertz CT molecular complexity index is 551. The topological polar surface area (TPSA) is 20.7 Å². The number of H-pyrrole nitrogens is 1. The first-order chi connectivity index (χ1) is 7.65. The molecule has 86 valence electrons. The first-order valence-corrected chi connectivity index (χ1v) is 6.25. The summed E-state index contributed by atoms with van der Waals surface area (Å²) in [6, 6.07) is 6.76. The third kappa shape index (κ3) is 1.80. The second kappa shape index (κ2) is 4.42. The van der Waals surface area contributed by atoms with Crippen LogP contribution in [0.1, 0.15) is 38.3 Å². The van der Waals surface area contributed by atoms with Crippen LogP contribution < -0.4 is 0 Å². The van der Waals surface area contributed by atoms with E-state index >= 15 is 0 Å². The molecule has 1 heterocycles. The van der Waals surface area contributed by atoms with Crippen molar-refractivity contribution in [3.63, 3.8) is 0 Å². The largest absolute Gasteiger partial charge is 0.331 e. The average Bonchev–Trinajstić information content (AvgIpc) is 2.56. The van der Waals surface area contributed by atoms with Crippen molar-refractivity contribution in [2.45, 2.75) is 39.7 Å². The van der Waals surface area contributed by atoms with Gasteiger partial charge in [0.15, 0.2) is 4.77 Å². The molecular weight excluding hydrogens is 216 g/mol. The number of rotatable bonds is 3. The minimum atomic E-state index is 0.465. The highest BCUT2D eigenvalue weighted by Gasteiger charge is 2.11. The molecule has 2 nitrogen and oxygen atoms in total. The van der Waals surface area contributed by atoms with Crippen molar-refractivity contribution < 1.29 is 0 Å². The maximum atomic E-state index is 5.41. The highest BCUT2D eigenvalue weighted by atomic mass is 32.1. The van der Waals surface area contributed by atoms with Crippen molar-refractivity contribution in [2.24, 2.45) is 0 Å². The van der Waals surface area contributed by atoms with Gasteiger partial charge in [-0.15, -0.1) is 0 Å². The Morgan fingerprint density at radius 3 is 2.88 bits per heavy atom. The van der Waals surface area contributed by atoms with Gasteiger partial charge in [0.25, 0.3) is 0 Å². The molecule has 0 saturated carbocycles. The van der Waals surface area contributed by atoms with Gasteiger partial charge in [0.2, 0.25) is 0 Å². The van der Waals surface area contributed by atoms with E-state index in [4.69, 9.17) is 12.2 Å². The SMILES string of the molecule is CCCC(C)n1c(=S)[nH]c2cccc(C)c21. The molecule has 1 atom stereocenters. The Hall–Kier alpha value is -1.09. The summed E-state index contributed by atoms with van der Waals surface area (Å²) in [6.45, 7) is 6.58. The van der Waals surface area contributed by atoms with Crippen molar-refractivity contribution >= 4 is 23.3 Å². The van der Waals surface area contributed by atoms with Crippen molar-refractivity contribution in [2.75, 3.05) is 0 Å². The van der Waals surface area contributed by atoms with Gasteiger partial charge in [0.05, 0.1) is 11.0 Å². The second-order valence-corrected chi connectivity index (χ2v) is 4.80. The van der Waals surface area contributed by atoms with E-state index in [0.29, 0.717) is 6.04 Å². The number of aryl methyl sites for hydroxylation is 1. The van der Waals surface area contributed by atoms with Crippen molar-refractivity contribution in [1.82, 2.24) is 9.55 Å². The van der Waals surface area contributed by atoms with E-state index in [-0.39, 0.29) is 0 Å². The summed E-state index contributed by atoms with van der Waals surface area (Å²) in [5.41, 5.74) is 3.69. The molecule has 2 rings (SSSR count). The van der Waals surface area contributed by atoms with E-state index in [1.165, 1.54) is 17.5 Å². The molecule has 2 aromatic rings. The van der Waals surface area contributed by atoms with Crippen molar-refractivity contribution in [1.29, 1.82) is 0 Å². The van der Waals surface area contributed by atoms with Crippen LogP contribution in [-0.2, 0) is 0 Å². The number of hydrogen-bond acceptors (Lipinski definition) is 1. The highest BCUT2D eigenvalue weighted by Crippen LogP contribution is 2.24. The third-order valence-electron chi connectivity index (χ3n) is 3.09. The molecule has 0 aliphatic carbocycles. The molecule has 16 heavy (non-hydrogen) atoms. The molecule has 1 unspecified atom stereocenters. The number of nitrogens with one attached hydrogen (secondary N) is 1. The summed E-state index contributed by atoms with van der Waals surface area (Å²) in [4.78, 5) is 3.28. The van der Waals surface area contributed by atoms with Crippen LogP contribution in [0.4, 0.5) is 0 Å². The van der Waals surface area contributed by atoms with Crippen LogP contribution in [0, 0.1) is 11.7 Å². The number of imidazole rings is 1. The van der Waals surface area contributed by atoms with Gasteiger partial charge >= 0.3 is 0 Å². The van der Waals surface area contributed by atoms with E-state index in [9.17, 15) is 0 Å². The summed E-state index contributed by atoms with van der Waals surface area (Å²) in [5.74, 6) is 0. The molecule has 0 fully saturated rings.